The average Bonchev–Trinajstić information content (AvgIpc) is 3.41. The molecule has 39 heavy (non-hydrogen) atoms. The predicted molar refractivity (Wildman–Crippen MR) is 150 cm³/mol. The molecular weight excluding hydrogens is 522 g/mol. The van der Waals surface area contributed by atoms with Gasteiger partial charge in [-0.05, 0) is 69.6 Å². The third-order valence-electron chi connectivity index (χ3n) is 9.28. The van der Waals surface area contributed by atoms with Crippen molar-refractivity contribution >= 4 is 16.2 Å². The second-order valence-electron chi connectivity index (χ2n) is 11.8. The maximum absolute atomic E-state index is 13.6. The summed E-state index contributed by atoms with van der Waals surface area (Å²) in [6.07, 6.45) is 8.25. The van der Waals surface area contributed by atoms with Crippen molar-refractivity contribution in [2.45, 2.75) is 126 Å². The van der Waals surface area contributed by atoms with Gasteiger partial charge in [0, 0.05) is 33.3 Å². The minimum absolute atomic E-state index is 0.0115. The molecule has 9 unspecified atom stereocenters. The fourth-order valence-corrected chi connectivity index (χ4v) is 9.61. The highest BCUT2D eigenvalue weighted by atomic mass is 32.2. The number of nitrogens with one attached hydrogen (secondary N) is 1. The molecule has 228 valence electrons. The standard InChI is InChI=1S/C29H53NO8S/c1-5-7-9-22-26(37-13-8-12-30-19-31)16-21(18-28(22)39(33,34)14-6-2)25-11-10-24(38-25)20-15-23(32)29(36-4)27(17-20)35-3/h19-29,32H,5-18H2,1-4H3,(H,30,31)/t20-,21?,22?,23?,24?,25?,26?,27?,28?,29?/m1/s1. The Labute approximate surface area is 236 Å². The average molecular weight is 576 g/mol. The zero-order valence-electron chi connectivity index (χ0n) is 24.5. The number of hydrogen-bond acceptors (Lipinski definition) is 8. The summed E-state index contributed by atoms with van der Waals surface area (Å²) in [7, 11) is 0.00412. The van der Waals surface area contributed by atoms with Crippen LogP contribution in [0.1, 0.15) is 84.5 Å². The van der Waals surface area contributed by atoms with Gasteiger partial charge in [-0.1, -0.05) is 26.7 Å². The van der Waals surface area contributed by atoms with Gasteiger partial charge < -0.3 is 29.4 Å². The Balaban J connectivity index is 1.74. The molecule has 3 aliphatic rings. The highest BCUT2D eigenvalue weighted by Gasteiger charge is 2.49. The second kappa shape index (κ2) is 16.0. The summed E-state index contributed by atoms with van der Waals surface area (Å²) in [5.41, 5.74) is 0. The molecular formula is C29H53NO8S. The fraction of sp³-hybridized carbons (Fsp3) is 0.966. The SMILES string of the molecule is CCCCC1C(OCCCNC=O)CC(C2CCC([C@@H]3CC(O)C(OC)C(OC)C3)O2)CC1S(=O)(=O)CCC. The molecule has 2 N–H and O–H groups in total. The van der Waals surface area contributed by atoms with Gasteiger partial charge in [-0.15, -0.1) is 0 Å². The van der Waals surface area contributed by atoms with Gasteiger partial charge in [0.15, 0.2) is 9.84 Å². The van der Waals surface area contributed by atoms with E-state index < -0.39 is 21.2 Å². The highest BCUT2D eigenvalue weighted by Crippen LogP contribution is 2.45. The lowest BCUT2D eigenvalue weighted by Crippen LogP contribution is -2.49. The molecule has 2 aliphatic carbocycles. The van der Waals surface area contributed by atoms with Crippen LogP contribution in [0.5, 0.6) is 0 Å². The normalized spacial score (nSPS) is 37.6. The van der Waals surface area contributed by atoms with Crippen molar-refractivity contribution in [3.63, 3.8) is 0 Å². The van der Waals surface area contributed by atoms with Crippen molar-refractivity contribution in [3.8, 4) is 0 Å². The molecule has 2 saturated carbocycles. The van der Waals surface area contributed by atoms with E-state index in [1.165, 1.54) is 0 Å². The predicted octanol–water partition coefficient (Wildman–Crippen LogP) is 3.27. The summed E-state index contributed by atoms with van der Waals surface area (Å²) in [5, 5.41) is 13.0. The Morgan fingerprint density at radius 3 is 2.26 bits per heavy atom. The quantitative estimate of drug-likeness (QED) is 0.213. The Bertz CT molecular complexity index is 826. The van der Waals surface area contributed by atoms with E-state index in [2.05, 4.69) is 12.2 Å². The Kier molecular flexibility index (Phi) is 13.4. The molecule has 10 heteroatoms. The summed E-state index contributed by atoms with van der Waals surface area (Å²) in [5.74, 6) is 0.479. The number of rotatable bonds is 16. The Hall–Kier alpha value is -0.780. The molecule has 3 rings (SSSR count). The Morgan fingerprint density at radius 1 is 0.949 bits per heavy atom. The van der Waals surface area contributed by atoms with Crippen LogP contribution in [0.2, 0.25) is 0 Å². The van der Waals surface area contributed by atoms with Crippen LogP contribution in [0.3, 0.4) is 0 Å². The van der Waals surface area contributed by atoms with Gasteiger partial charge in [0.1, 0.15) is 6.10 Å². The van der Waals surface area contributed by atoms with E-state index in [9.17, 15) is 18.3 Å². The number of aliphatic hydroxyl groups excluding tert-OH is 1. The fourth-order valence-electron chi connectivity index (χ4n) is 7.35. The van der Waals surface area contributed by atoms with Gasteiger partial charge in [-0.2, -0.15) is 0 Å². The van der Waals surface area contributed by atoms with Gasteiger partial charge in [0.2, 0.25) is 6.41 Å². The topological polar surface area (TPSA) is 120 Å². The van der Waals surface area contributed by atoms with Crippen molar-refractivity contribution in [2.24, 2.45) is 17.8 Å². The molecule has 3 fully saturated rings. The van der Waals surface area contributed by atoms with Crippen LogP contribution in [0, 0.1) is 17.8 Å². The van der Waals surface area contributed by atoms with Gasteiger partial charge >= 0.3 is 0 Å². The maximum Gasteiger partial charge on any atom is 0.207 e. The van der Waals surface area contributed by atoms with Crippen LogP contribution in [-0.4, -0.2) is 94.9 Å². The molecule has 0 aromatic carbocycles. The van der Waals surface area contributed by atoms with E-state index in [4.69, 9.17) is 18.9 Å². The number of hydrogen-bond donors (Lipinski definition) is 2. The van der Waals surface area contributed by atoms with Crippen LogP contribution >= 0.6 is 0 Å². The number of sulfone groups is 1. The number of amides is 1. The second-order valence-corrected chi connectivity index (χ2v) is 14.2. The van der Waals surface area contributed by atoms with Gasteiger partial charge in [-0.25, -0.2) is 8.42 Å². The van der Waals surface area contributed by atoms with Crippen LogP contribution in [0.4, 0.5) is 0 Å². The van der Waals surface area contributed by atoms with E-state index in [0.29, 0.717) is 45.2 Å². The number of carbonyl (C=O) groups is 1. The summed E-state index contributed by atoms with van der Waals surface area (Å²) < 4.78 is 51.3. The molecule has 0 spiro atoms. The van der Waals surface area contributed by atoms with Gasteiger partial charge in [0.25, 0.3) is 0 Å². The Morgan fingerprint density at radius 2 is 1.64 bits per heavy atom. The maximum atomic E-state index is 13.6. The third kappa shape index (κ3) is 8.61. The smallest absolute Gasteiger partial charge is 0.207 e. The van der Waals surface area contributed by atoms with E-state index in [1.54, 1.807) is 14.2 Å². The number of methoxy groups -OCH3 is 2. The lowest BCUT2D eigenvalue weighted by molar-refractivity contribution is -0.148. The van der Waals surface area contributed by atoms with Gasteiger partial charge in [-0.3, -0.25) is 4.79 Å². The lowest BCUT2D eigenvalue weighted by atomic mass is 9.74. The molecule has 1 saturated heterocycles. The summed E-state index contributed by atoms with van der Waals surface area (Å²) >= 11 is 0. The largest absolute Gasteiger partial charge is 0.390 e. The molecule has 10 atom stereocenters. The first-order chi connectivity index (χ1) is 18.8. The minimum Gasteiger partial charge on any atom is -0.390 e. The molecule has 0 radical (unpaired) electrons. The monoisotopic (exact) mass is 575 g/mol. The minimum atomic E-state index is -3.27. The van der Waals surface area contributed by atoms with E-state index >= 15 is 0 Å². The van der Waals surface area contributed by atoms with Crippen LogP contribution in [-0.2, 0) is 33.6 Å². The highest BCUT2D eigenvalue weighted by molar-refractivity contribution is 7.92. The summed E-state index contributed by atoms with van der Waals surface area (Å²) in [6.45, 7) is 5.11. The number of carbonyl (C=O) groups excluding carboxylic acids is 1. The van der Waals surface area contributed by atoms with E-state index in [-0.39, 0.29) is 54.0 Å². The zero-order valence-corrected chi connectivity index (χ0v) is 25.3. The molecule has 0 aromatic rings. The first-order valence-electron chi connectivity index (χ1n) is 15.2. The molecule has 0 aromatic heterocycles. The molecule has 0 bridgehead atoms. The first kappa shape index (κ1) is 32.7. The van der Waals surface area contributed by atoms with E-state index in [0.717, 1.165) is 44.9 Å². The van der Waals surface area contributed by atoms with Crippen molar-refractivity contribution in [1.82, 2.24) is 5.32 Å². The van der Waals surface area contributed by atoms with Gasteiger partial charge in [0.05, 0.1) is 41.5 Å². The summed E-state index contributed by atoms with van der Waals surface area (Å²) in [6, 6.07) is 0. The number of unbranched alkanes of at least 4 members (excludes halogenated alkanes) is 1. The first-order valence-corrected chi connectivity index (χ1v) is 16.9. The molecule has 1 amide bonds. The zero-order chi connectivity index (χ0) is 28.4. The van der Waals surface area contributed by atoms with Crippen LogP contribution in [0.25, 0.3) is 0 Å². The van der Waals surface area contributed by atoms with Crippen molar-refractivity contribution in [3.05, 3.63) is 0 Å². The summed E-state index contributed by atoms with van der Waals surface area (Å²) in [4.78, 5) is 10.6. The molecule has 1 heterocycles. The van der Waals surface area contributed by atoms with Crippen LogP contribution in [0.15, 0.2) is 0 Å². The molecule has 9 nitrogen and oxygen atoms in total. The van der Waals surface area contributed by atoms with Crippen molar-refractivity contribution in [2.75, 3.05) is 33.1 Å². The van der Waals surface area contributed by atoms with E-state index in [1.807, 2.05) is 6.92 Å². The number of aliphatic hydroxyl groups is 1. The van der Waals surface area contributed by atoms with Crippen molar-refractivity contribution in [1.29, 1.82) is 0 Å². The lowest BCUT2D eigenvalue weighted by Gasteiger charge is -2.44. The van der Waals surface area contributed by atoms with Crippen LogP contribution < -0.4 is 5.32 Å². The third-order valence-corrected chi connectivity index (χ3v) is 11.7. The van der Waals surface area contributed by atoms with Crippen molar-refractivity contribution < 1.29 is 37.3 Å². The number of ether oxygens (including phenoxy) is 4. The molecule has 1 aliphatic heterocycles.